The number of hydrogen-bond acceptors (Lipinski definition) is 1. The fourth-order valence-electron chi connectivity index (χ4n) is 4.07. The van der Waals surface area contributed by atoms with E-state index in [1.165, 1.54) is 83.7 Å². The maximum absolute atomic E-state index is 2.84. The molecule has 0 aromatic carbocycles. The standard InChI is InChI=1S/C18H35N/c1-4-6-8-9-12-17(3,11-7-5-2)19-15-18(16-19)13-10-14-18/h4-16H2,1-3H3. The highest BCUT2D eigenvalue weighted by Gasteiger charge is 2.51. The Balaban J connectivity index is 1.79. The van der Waals surface area contributed by atoms with Gasteiger partial charge in [-0.3, -0.25) is 4.90 Å². The summed E-state index contributed by atoms with van der Waals surface area (Å²) in [6.07, 6.45) is 15.8. The molecule has 0 amide bonds. The van der Waals surface area contributed by atoms with Gasteiger partial charge >= 0.3 is 0 Å². The predicted molar refractivity (Wildman–Crippen MR) is 84.5 cm³/mol. The summed E-state index contributed by atoms with van der Waals surface area (Å²) >= 11 is 0. The normalized spacial score (nSPS) is 24.8. The Morgan fingerprint density at radius 3 is 2.05 bits per heavy atom. The maximum Gasteiger partial charge on any atom is 0.0181 e. The minimum atomic E-state index is 0.518. The van der Waals surface area contributed by atoms with Gasteiger partial charge in [0.25, 0.3) is 0 Å². The molecule has 1 heteroatoms. The molecule has 2 rings (SSSR count). The molecule has 0 N–H and O–H groups in total. The number of nitrogens with zero attached hydrogens (tertiary/aromatic N) is 1. The van der Waals surface area contributed by atoms with E-state index in [0.717, 1.165) is 5.41 Å². The van der Waals surface area contributed by atoms with Crippen molar-refractivity contribution in [2.75, 3.05) is 13.1 Å². The fraction of sp³-hybridized carbons (Fsp3) is 1.00. The molecule has 2 aliphatic rings. The van der Waals surface area contributed by atoms with Gasteiger partial charge in [0, 0.05) is 18.6 Å². The Bertz CT molecular complexity index is 261. The monoisotopic (exact) mass is 265 g/mol. The van der Waals surface area contributed by atoms with Crippen LogP contribution < -0.4 is 0 Å². The van der Waals surface area contributed by atoms with Crippen LogP contribution in [0.1, 0.15) is 91.4 Å². The second-order valence-electron chi connectivity index (χ2n) is 7.62. The largest absolute Gasteiger partial charge is 0.297 e. The molecule has 1 unspecified atom stereocenters. The van der Waals surface area contributed by atoms with Crippen molar-refractivity contribution in [3.8, 4) is 0 Å². The average molecular weight is 265 g/mol. The lowest BCUT2D eigenvalue weighted by atomic mass is 9.62. The second-order valence-corrected chi connectivity index (χ2v) is 7.62. The highest BCUT2D eigenvalue weighted by atomic mass is 15.3. The first-order valence-corrected chi connectivity index (χ1v) is 8.89. The van der Waals surface area contributed by atoms with Gasteiger partial charge in [0.05, 0.1) is 0 Å². The molecule has 0 bridgehead atoms. The Hall–Kier alpha value is -0.0400. The number of unbranched alkanes of at least 4 members (excludes halogenated alkanes) is 4. The molecular formula is C18H35N. The van der Waals surface area contributed by atoms with Crippen molar-refractivity contribution in [2.45, 2.75) is 96.9 Å². The van der Waals surface area contributed by atoms with Gasteiger partial charge in [0.15, 0.2) is 0 Å². The van der Waals surface area contributed by atoms with E-state index in [-0.39, 0.29) is 0 Å². The Labute approximate surface area is 121 Å². The minimum absolute atomic E-state index is 0.518. The summed E-state index contributed by atoms with van der Waals surface area (Å²) in [6.45, 7) is 10.0. The molecule has 1 aliphatic carbocycles. The zero-order chi connectivity index (χ0) is 13.8. The van der Waals surface area contributed by atoms with Gasteiger partial charge in [0.1, 0.15) is 0 Å². The topological polar surface area (TPSA) is 3.24 Å². The second kappa shape index (κ2) is 6.61. The molecule has 0 aromatic heterocycles. The average Bonchev–Trinajstić information content (AvgIpc) is 2.29. The van der Waals surface area contributed by atoms with Crippen LogP contribution in [0.3, 0.4) is 0 Å². The van der Waals surface area contributed by atoms with E-state index in [1.54, 1.807) is 0 Å². The van der Waals surface area contributed by atoms with Gasteiger partial charge in [-0.2, -0.15) is 0 Å². The molecular weight excluding hydrogens is 230 g/mol. The molecule has 1 heterocycles. The Kier molecular flexibility index (Phi) is 5.34. The van der Waals surface area contributed by atoms with Gasteiger partial charge in [-0.25, -0.2) is 0 Å². The van der Waals surface area contributed by atoms with Crippen LogP contribution in [0.4, 0.5) is 0 Å². The van der Waals surface area contributed by atoms with Crippen LogP contribution in [-0.4, -0.2) is 23.5 Å². The molecule has 0 radical (unpaired) electrons. The van der Waals surface area contributed by atoms with Crippen LogP contribution in [0, 0.1) is 5.41 Å². The predicted octanol–water partition coefficient (Wildman–Crippen LogP) is 5.39. The molecule has 1 saturated carbocycles. The van der Waals surface area contributed by atoms with E-state index >= 15 is 0 Å². The maximum atomic E-state index is 2.84. The van der Waals surface area contributed by atoms with Crippen LogP contribution in [0.25, 0.3) is 0 Å². The lowest BCUT2D eigenvalue weighted by molar-refractivity contribution is -0.120. The summed E-state index contributed by atoms with van der Waals surface area (Å²) < 4.78 is 0. The minimum Gasteiger partial charge on any atom is -0.297 e. The highest BCUT2D eigenvalue weighted by molar-refractivity contribution is 5.05. The summed E-state index contributed by atoms with van der Waals surface area (Å²) in [4.78, 5) is 2.84. The van der Waals surface area contributed by atoms with Crippen molar-refractivity contribution in [3.63, 3.8) is 0 Å². The fourth-order valence-corrected chi connectivity index (χ4v) is 4.07. The van der Waals surface area contributed by atoms with E-state index in [9.17, 15) is 0 Å². The van der Waals surface area contributed by atoms with Gasteiger partial charge in [-0.1, -0.05) is 58.8 Å². The molecule has 1 aliphatic heterocycles. The van der Waals surface area contributed by atoms with Crippen molar-refractivity contribution >= 4 is 0 Å². The van der Waals surface area contributed by atoms with E-state index in [2.05, 4.69) is 25.7 Å². The zero-order valence-electron chi connectivity index (χ0n) is 13.6. The summed E-state index contributed by atoms with van der Waals surface area (Å²) in [5.74, 6) is 0. The van der Waals surface area contributed by atoms with Crippen molar-refractivity contribution < 1.29 is 0 Å². The lowest BCUT2D eigenvalue weighted by Crippen LogP contribution is -2.66. The molecule has 1 spiro atoms. The summed E-state index contributed by atoms with van der Waals surface area (Å²) in [6, 6.07) is 0. The Morgan fingerprint density at radius 1 is 0.895 bits per heavy atom. The van der Waals surface area contributed by atoms with Crippen LogP contribution in [0.5, 0.6) is 0 Å². The lowest BCUT2D eigenvalue weighted by Gasteiger charge is -2.62. The van der Waals surface area contributed by atoms with Crippen LogP contribution in [-0.2, 0) is 0 Å². The molecule has 19 heavy (non-hydrogen) atoms. The third kappa shape index (κ3) is 3.54. The van der Waals surface area contributed by atoms with Crippen molar-refractivity contribution in [3.05, 3.63) is 0 Å². The van der Waals surface area contributed by atoms with Crippen molar-refractivity contribution in [1.29, 1.82) is 0 Å². The molecule has 2 fully saturated rings. The molecule has 1 saturated heterocycles. The SMILES string of the molecule is CCCCCCC(C)(CCCC)N1CC2(CCC2)C1. The first-order valence-electron chi connectivity index (χ1n) is 8.89. The van der Waals surface area contributed by atoms with E-state index in [0.29, 0.717) is 5.54 Å². The summed E-state index contributed by atoms with van der Waals surface area (Å²) in [5.41, 5.74) is 1.31. The van der Waals surface area contributed by atoms with Gasteiger partial charge in [-0.05, 0) is 38.0 Å². The number of hydrogen-bond donors (Lipinski definition) is 0. The van der Waals surface area contributed by atoms with Gasteiger partial charge < -0.3 is 0 Å². The third-order valence-corrected chi connectivity index (χ3v) is 5.87. The molecule has 1 nitrogen and oxygen atoms in total. The third-order valence-electron chi connectivity index (χ3n) is 5.87. The Morgan fingerprint density at radius 2 is 1.53 bits per heavy atom. The van der Waals surface area contributed by atoms with E-state index < -0.39 is 0 Å². The quantitative estimate of drug-likeness (QED) is 0.505. The summed E-state index contributed by atoms with van der Waals surface area (Å²) in [5, 5.41) is 0. The van der Waals surface area contributed by atoms with Crippen LogP contribution in [0.15, 0.2) is 0 Å². The van der Waals surface area contributed by atoms with E-state index in [1.807, 2.05) is 0 Å². The highest BCUT2D eigenvalue weighted by Crippen LogP contribution is 2.51. The number of likely N-dealkylation sites (tertiary alicyclic amines) is 1. The molecule has 0 aromatic rings. The molecule has 112 valence electrons. The van der Waals surface area contributed by atoms with Gasteiger partial charge in [-0.15, -0.1) is 0 Å². The molecule has 1 atom stereocenters. The first kappa shape index (κ1) is 15.4. The van der Waals surface area contributed by atoms with Crippen molar-refractivity contribution in [1.82, 2.24) is 4.90 Å². The van der Waals surface area contributed by atoms with Crippen LogP contribution >= 0.6 is 0 Å². The van der Waals surface area contributed by atoms with Crippen LogP contribution in [0.2, 0.25) is 0 Å². The summed E-state index contributed by atoms with van der Waals surface area (Å²) in [7, 11) is 0. The van der Waals surface area contributed by atoms with Crippen molar-refractivity contribution in [2.24, 2.45) is 5.41 Å². The van der Waals surface area contributed by atoms with Gasteiger partial charge in [0.2, 0.25) is 0 Å². The first-order chi connectivity index (χ1) is 9.14. The zero-order valence-corrected chi connectivity index (χ0v) is 13.6. The van der Waals surface area contributed by atoms with E-state index in [4.69, 9.17) is 0 Å². The number of rotatable bonds is 9. The smallest absolute Gasteiger partial charge is 0.0181 e.